The molecule has 192 valence electrons. The maximum Gasteiger partial charge on any atom is 0.410 e. The van der Waals surface area contributed by atoms with Crippen LogP contribution in [0.3, 0.4) is 0 Å². The van der Waals surface area contributed by atoms with Gasteiger partial charge in [-0.15, -0.1) is 24.8 Å². The van der Waals surface area contributed by atoms with Gasteiger partial charge in [-0.25, -0.2) is 9.59 Å². The molecular weight excluding hydrogens is 455 g/mol. The lowest BCUT2D eigenvalue weighted by Crippen LogP contribution is -2.49. The van der Waals surface area contributed by atoms with Crippen LogP contribution < -0.4 is 11.5 Å². The second kappa shape index (κ2) is 13.7. The van der Waals surface area contributed by atoms with Gasteiger partial charge in [-0.1, -0.05) is 13.8 Å². The van der Waals surface area contributed by atoms with E-state index in [4.69, 9.17) is 20.9 Å². The molecule has 0 aromatic rings. The van der Waals surface area contributed by atoms with Gasteiger partial charge in [-0.2, -0.15) is 0 Å². The molecule has 0 aromatic carbocycles. The third-order valence-corrected chi connectivity index (χ3v) is 5.25. The second-order valence-electron chi connectivity index (χ2n) is 10.7. The molecule has 2 aliphatic heterocycles. The molecular formula is C22H46Cl2N4O4. The van der Waals surface area contributed by atoms with Crippen molar-refractivity contribution in [1.29, 1.82) is 0 Å². The molecule has 0 saturated carbocycles. The van der Waals surface area contributed by atoms with Crippen LogP contribution in [0.1, 0.15) is 68.2 Å². The SMILES string of the molecule is C[C@@H]1CN(C(=O)OC(C)(C)C)CC[C@H]1N.C[C@H]1CN(C(=O)OC(C)(C)C)CC[C@@H]1N.Cl.Cl. The summed E-state index contributed by atoms with van der Waals surface area (Å²) in [6.45, 7) is 18.2. The standard InChI is InChI=1S/2C11H22N2O2.2ClH/c2*1-8-7-13(6-5-9(8)12)10(14)15-11(2,3)4;;/h2*8-9H,5-7,12H2,1-4H3;2*1H/t2*8-,9-;;/m10../s1. The highest BCUT2D eigenvalue weighted by Gasteiger charge is 2.30. The van der Waals surface area contributed by atoms with Crippen molar-refractivity contribution in [2.75, 3.05) is 26.2 Å². The summed E-state index contributed by atoms with van der Waals surface area (Å²) in [6, 6.07) is 0.423. The Balaban J connectivity index is 0. The lowest BCUT2D eigenvalue weighted by molar-refractivity contribution is 0.0148. The third kappa shape index (κ3) is 12.3. The van der Waals surface area contributed by atoms with Crippen LogP contribution in [0.4, 0.5) is 9.59 Å². The number of hydrogen-bond donors (Lipinski definition) is 2. The summed E-state index contributed by atoms with van der Waals surface area (Å²) in [6.07, 6.45) is 1.28. The fourth-order valence-corrected chi connectivity index (χ4v) is 3.31. The van der Waals surface area contributed by atoms with E-state index >= 15 is 0 Å². The number of rotatable bonds is 0. The highest BCUT2D eigenvalue weighted by molar-refractivity contribution is 5.85. The Morgan fingerprint density at radius 1 is 0.719 bits per heavy atom. The first-order valence-corrected chi connectivity index (χ1v) is 11.1. The van der Waals surface area contributed by atoms with Gasteiger partial charge in [0.1, 0.15) is 11.2 Å². The van der Waals surface area contributed by atoms with E-state index in [2.05, 4.69) is 13.8 Å². The number of hydrogen-bond acceptors (Lipinski definition) is 6. The molecule has 2 amide bonds. The first kappa shape index (κ1) is 33.2. The molecule has 0 aliphatic carbocycles. The van der Waals surface area contributed by atoms with Crippen molar-refractivity contribution in [2.45, 2.75) is 91.5 Å². The van der Waals surface area contributed by atoms with Gasteiger partial charge in [0.05, 0.1) is 0 Å². The quantitative estimate of drug-likeness (QED) is 0.519. The van der Waals surface area contributed by atoms with Gasteiger partial charge in [-0.05, 0) is 66.2 Å². The van der Waals surface area contributed by atoms with Crippen molar-refractivity contribution >= 4 is 37.0 Å². The van der Waals surface area contributed by atoms with Crippen molar-refractivity contribution in [3.63, 3.8) is 0 Å². The fourth-order valence-electron chi connectivity index (χ4n) is 3.31. The Morgan fingerprint density at radius 3 is 1.22 bits per heavy atom. The average molecular weight is 502 g/mol. The first-order chi connectivity index (χ1) is 13.6. The summed E-state index contributed by atoms with van der Waals surface area (Å²) >= 11 is 0. The summed E-state index contributed by atoms with van der Waals surface area (Å²) in [4.78, 5) is 27.0. The van der Waals surface area contributed by atoms with E-state index in [9.17, 15) is 9.59 Å². The van der Waals surface area contributed by atoms with Gasteiger partial charge >= 0.3 is 12.2 Å². The molecule has 8 nitrogen and oxygen atoms in total. The van der Waals surface area contributed by atoms with Gasteiger partial charge in [0.2, 0.25) is 0 Å². The number of piperidine rings is 2. The van der Waals surface area contributed by atoms with Crippen LogP contribution in [0.2, 0.25) is 0 Å². The largest absolute Gasteiger partial charge is 0.444 e. The molecule has 2 fully saturated rings. The first-order valence-electron chi connectivity index (χ1n) is 11.1. The molecule has 0 bridgehead atoms. The zero-order chi connectivity index (χ0) is 23.3. The molecule has 2 heterocycles. The molecule has 4 atom stereocenters. The molecule has 0 aromatic heterocycles. The van der Waals surface area contributed by atoms with E-state index in [0.29, 0.717) is 38.0 Å². The van der Waals surface area contributed by atoms with Crippen molar-refractivity contribution in [3.05, 3.63) is 0 Å². The zero-order valence-electron chi connectivity index (χ0n) is 21.1. The van der Waals surface area contributed by atoms with Gasteiger partial charge < -0.3 is 30.7 Å². The normalized spacial score (nSPS) is 25.9. The average Bonchev–Trinajstić information content (AvgIpc) is 2.57. The van der Waals surface area contributed by atoms with E-state index in [1.807, 2.05) is 41.5 Å². The minimum atomic E-state index is -0.417. The zero-order valence-corrected chi connectivity index (χ0v) is 22.7. The number of carbonyl (C=O) groups is 2. The smallest absolute Gasteiger partial charge is 0.410 e. The minimum Gasteiger partial charge on any atom is -0.444 e. The fraction of sp³-hybridized carbons (Fsp3) is 0.909. The number of likely N-dealkylation sites (tertiary alicyclic amines) is 2. The molecule has 0 radical (unpaired) electrons. The van der Waals surface area contributed by atoms with E-state index < -0.39 is 11.2 Å². The second-order valence-corrected chi connectivity index (χ2v) is 10.7. The van der Waals surface area contributed by atoms with Crippen molar-refractivity contribution in [3.8, 4) is 0 Å². The highest BCUT2D eigenvalue weighted by Crippen LogP contribution is 2.19. The Hall–Kier alpha value is -0.960. The molecule has 2 saturated heterocycles. The molecule has 4 N–H and O–H groups in total. The molecule has 2 aliphatic rings. The molecule has 2 rings (SSSR count). The summed E-state index contributed by atoms with van der Waals surface area (Å²) in [5, 5.41) is 0. The Labute approximate surface area is 206 Å². The van der Waals surface area contributed by atoms with Crippen LogP contribution in [-0.4, -0.2) is 71.5 Å². The summed E-state index contributed by atoms with van der Waals surface area (Å²) < 4.78 is 10.6. The van der Waals surface area contributed by atoms with E-state index in [1.165, 1.54) is 0 Å². The molecule has 0 unspecified atom stereocenters. The van der Waals surface area contributed by atoms with Crippen LogP contribution in [0.5, 0.6) is 0 Å². The van der Waals surface area contributed by atoms with E-state index in [1.54, 1.807) is 9.80 Å². The lowest BCUT2D eigenvalue weighted by atomic mass is 9.95. The van der Waals surface area contributed by atoms with Crippen LogP contribution >= 0.6 is 24.8 Å². The third-order valence-electron chi connectivity index (χ3n) is 5.25. The van der Waals surface area contributed by atoms with Gasteiger partial charge in [0.25, 0.3) is 0 Å². The minimum absolute atomic E-state index is 0. The van der Waals surface area contributed by atoms with E-state index in [-0.39, 0.29) is 49.1 Å². The maximum atomic E-state index is 11.7. The molecule has 10 heteroatoms. The predicted octanol–water partition coefficient (Wildman–Crippen LogP) is 4.02. The van der Waals surface area contributed by atoms with Crippen molar-refractivity contribution in [2.24, 2.45) is 23.3 Å². The highest BCUT2D eigenvalue weighted by atomic mass is 35.5. The number of carbonyl (C=O) groups excluding carboxylic acids is 2. The van der Waals surface area contributed by atoms with Crippen molar-refractivity contribution in [1.82, 2.24) is 9.80 Å². The lowest BCUT2D eigenvalue weighted by Gasteiger charge is -2.35. The number of nitrogens with two attached hydrogens (primary N) is 2. The number of nitrogens with zero attached hydrogens (tertiary/aromatic N) is 2. The predicted molar refractivity (Wildman–Crippen MR) is 134 cm³/mol. The number of amides is 2. The molecule has 32 heavy (non-hydrogen) atoms. The van der Waals surface area contributed by atoms with Crippen LogP contribution in [0.25, 0.3) is 0 Å². The number of halogens is 2. The summed E-state index contributed by atoms with van der Waals surface area (Å²) in [7, 11) is 0. The van der Waals surface area contributed by atoms with Crippen molar-refractivity contribution < 1.29 is 19.1 Å². The van der Waals surface area contributed by atoms with Gasteiger partial charge in [0.15, 0.2) is 0 Å². The van der Waals surface area contributed by atoms with Crippen LogP contribution in [0, 0.1) is 11.8 Å². The summed E-state index contributed by atoms with van der Waals surface area (Å²) in [5.41, 5.74) is 10.9. The topological polar surface area (TPSA) is 111 Å². The van der Waals surface area contributed by atoms with Gasteiger partial charge in [-0.3, -0.25) is 0 Å². The van der Waals surface area contributed by atoms with E-state index in [0.717, 1.165) is 12.8 Å². The number of ether oxygens (including phenoxy) is 2. The van der Waals surface area contributed by atoms with Crippen LogP contribution in [0.15, 0.2) is 0 Å². The van der Waals surface area contributed by atoms with Crippen LogP contribution in [-0.2, 0) is 9.47 Å². The maximum absolute atomic E-state index is 11.7. The Bertz CT molecular complexity index is 531. The molecule has 0 spiro atoms. The monoisotopic (exact) mass is 500 g/mol. The van der Waals surface area contributed by atoms with Gasteiger partial charge in [0, 0.05) is 38.3 Å². The Morgan fingerprint density at radius 2 is 1.00 bits per heavy atom. The summed E-state index contributed by atoms with van der Waals surface area (Å²) in [5.74, 6) is 0.706. The Kier molecular flexibility index (Phi) is 14.2.